The van der Waals surface area contributed by atoms with Crippen LogP contribution in [0.25, 0.3) is 0 Å². The molecule has 2 aliphatic rings. The number of morpholine rings is 1. The highest BCUT2D eigenvalue weighted by molar-refractivity contribution is 5.80. The standard InChI is InChI=1S/C19H24FNO4/c1-12-10-21(11-17(25-12)13-5-7-16(20)8-6-13)18(22)14-3-2-4-15(9-14)19(23)24/h5-8,12,14-15,17H,2-4,9-11H2,1H3,(H,23,24). The average Bonchev–Trinajstić information content (AvgIpc) is 2.61. The fourth-order valence-electron chi connectivity index (χ4n) is 3.89. The van der Waals surface area contributed by atoms with Gasteiger partial charge in [0.05, 0.1) is 18.6 Å². The monoisotopic (exact) mass is 349 g/mol. The van der Waals surface area contributed by atoms with Crippen LogP contribution in [0.3, 0.4) is 0 Å². The summed E-state index contributed by atoms with van der Waals surface area (Å²) in [5, 5.41) is 9.23. The van der Waals surface area contributed by atoms with Crippen molar-refractivity contribution >= 4 is 11.9 Å². The Labute approximate surface area is 146 Å². The predicted octanol–water partition coefficient (Wildman–Crippen LogP) is 3.01. The minimum absolute atomic E-state index is 0.0215. The third-order valence-electron chi connectivity index (χ3n) is 5.19. The second-order valence-corrected chi connectivity index (χ2v) is 7.13. The van der Waals surface area contributed by atoms with Crippen LogP contribution in [0, 0.1) is 17.7 Å². The van der Waals surface area contributed by atoms with Gasteiger partial charge >= 0.3 is 5.97 Å². The number of halogens is 1. The van der Waals surface area contributed by atoms with Gasteiger partial charge in [-0.05, 0) is 43.9 Å². The lowest BCUT2D eigenvalue weighted by Crippen LogP contribution is -2.48. The number of carbonyl (C=O) groups excluding carboxylic acids is 1. The van der Waals surface area contributed by atoms with E-state index in [1.807, 2.05) is 6.92 Å². The van der Waals surface area contributed by atoms with Gasteiger partial charge in [-0.2, -0.15) is 0 Å². The van der Waals surface area contributed by atoms with Crippen molar-refractivity contribution < 1.29 is 23.8 Å². The van der Waals surface area contributed by atoms with Crippen LogP contribution in [0.5, 0.6) is 0 Å². The van der Waals surface area contributed by atoms with Crippen LogP contribution in [-0.2, 0) is 14.3 Å². The normalized spacial score (nSPS) is 30.1. The Morgan fingerprint density at radius 3 is 2.52 bits per heavy atom. The van der Waals surface area contributed by atoms with E-state index in [0.717, 1.165) is 18.4 Å². The number of carboxylic acids is 1. The molecule has 6 heteroatoms. The highest BCUT2D eigenvalue weighted by atomic mass is 19.1. The maximum absolute atomic E-state index is 13.1. The van der Waals surface area contributed by atoms with E-state index in [1.165, 1.54) is 12.1 Å². The molecule has 1 N–H and O–H groups in total. The summed E-state index contributed by atoms with van der Waals surface area (Å²) in [5.41, 5.74) is 0.845. The molecule has 25 heavy (non-hydrogen) atoms. The maximum Gasteiger partial charge on any atom is 0.306 e. The number of rotatable bonds is 3. The van der Waals surface area contributed by atoms with E-state index in [9.17, 15) is 19.1 Å². The van der Waals surface area contributed by atoms with Gasteiger partial charge in [-0.25, -0.2) is 4.39 Å². The summed E-state index contributed by atoms with van der Waals surface area (Å²) in [6, 6.07) is 6.15. The number of amides is 1. The molecule has 0 spiro atoms. The molecular formula is C19H24FNO4. The van der Waals surface area contributed by atoms with E-state index >= 15 is 0 Å². The molecule has 1 aliphatic heterocycles. The van der Waals surface area contributed by atoms with Crippen LogP contribution >= 0.6 is 0 Å². The van der Waals surface area contributed by atoms with Gasteiger partial charge in [0.25, 0.3) is 0 Å². The second-order valence-electron chi connectivity index (χ2n) is 7.13. The van der Waals surface area contributed by atoms with Crippen LogP contribution in [0.15, 0.2) is 24.3 Å². The van der Waals surface area contributed by atoms with Crippen molar-refractivity contribution in [3.63, 3.8) is 0 Å². The summed E-state index contributed by atoms with van der Waals surface area (Å²) in [7, 11) is 0. The first-order chi connectivity index (χ1) is 11.9. The van der Waals surface area contributed by atoms with Gasteiger partial charge < -0.3 is 14.7 Å². The molecule has 4 atom stereocenters. The molecule has 1 aliphatic carbocycles. The minimum atomic E-state index is -0.808. The Hall–Kier alpha value is -1.95. The molecule has 0 radical (unpaired) electrons. The van der Waals surface area contributed by atoms with Crippen molar-refractivity contribution in [3.8, 4) is 0 Å². The molecular weight excluding hydrogens is 325 g/mol. The van der Waals surface area contributed by atoms with Crippen molar-refractivity contribution in [3.05, 3.63) is 35.6 Å². The number of hydrogen-bond donors (Lipinski definition) is 1. The lowest BCUT2D eigenvalue weighted by molar-refractivity contribution is -0.152. The Kier molecular flexibility index (Phi) is 5.37. The van der Waals surface area contributed by atoms with E-state index in [4.69, 9.17) is 4.74 Å². The number of carbonyl (C=O) groups is 2. The van der Waals surface area contributed by atoms with Crippen molar-refractivity contribution in [2.45, 2.75) is 44.8 Å². The van der Waals surface area contributed by atoms with Gasteiger partial charge in [0.1, 0.15) is 11.9 Å². The summed E-state index contributed by atoms with van der Waals surface area (Å²) in [5.74, 6) is -1.74. The summed E-state index contributed by atoms with van der Waals surface area (Å²) >= 11 is 0. The first kappa shape index (κ1) is 17.9. The average molecular weight is 349 g/mol. The van der Waals surface area contributed by atoms with E-state index in [0.29, 0.717) is 25.9 Å². The molecule has 0 aromatic heterocycles. The quantitative estimate of drug-likeness (QED) is 0.911. The molecule has 1 saturated carbocycles. The van der Waals surface area contributed by atoms with Gasteiger partial charge in [0, 0.05) is 12.5 Å². The summed E-state index contributed by atoms with van der Waals surface area (Å²) in [6.45, 7) is 2.84. The summed E-state index contributed by atoms with van der Waals surface area (Å²) < 4.78 is 19.1. The topological polar surface area (TPSA) is 66.8 Å². The predicted molar refractivity (Wildman–Crippen MR) is 89.4 cm³/mol. The van der Waals surface area contributed by atoms with Gasteiger partial charge in [0.2, 0.25) is 5.91 Å². The van der Waals surface area contributed by atoms with Crippen molar-refractivity contribution in [1.82, 2.24) is 4.90 Å². The number of ether oxygens (including phenoxy) is 1. The lowest BCUT2D eigenvalue weighted by atomic mass is 9.80. The molecule has 1 amide bonds. The first-order valence-electron chi connectivity index (χ1n) is 8.86. The lowest BCUT2D eigenvalue weighted by Gasteiger charge is -2.39. The Morgan fingerprint density at radius 1 is 1.16 bits per heavy atom. The molecule has 1 aromatic carbocycles. The van der Waals surface area contributed by atoms with Crippen LogP contribution in [0.4, 0.5) is 4.39 Å². The van der Waals surface area contributed by atoms with Crippen molar-refractivity contribution in [1.29, 1.82) is 0 Å². The maximum atomic E-state index is 13.1. The van der Waals surface area contributed by atoms with E-state index in [-0.39, 0.29) is 29.9 Å². The molecule has 136 valence electrons. The zero-order valence-corrected chi connectivity index (χ0v) is 14.4. The van der Waals surface area contributed by atoms with Crippen LogP contribution in [0.2, 0.25) is 0 Å². The van der Waals surface area contributed by atoms with E-state index in [1.54, 1.807) is 17.0 Å². The van der Waals surface area contributed by atoms with Gasteiger partial charge in [-0.3, -0.25) is 9.59 Å². The highest BCUT2D eigenvalue weighted by Gasteiger charge is 2.36. The molecule has 4 unspecified atom stereocenters. The molecule has 1 saturated heterocycles. The number of hydrogen-bond acceptors (Lipinski definition) is 3. The molecule has 1 heterocycles. The van der Waals surface area contributed by atoms with E-state index in [2.05, 4.69) is 0 Å². The second kappa shape index (κ2) is 7.52. The Bertz CT molecular complexity index is 633. The van der Waals surface area contributed by atoms with Gasteiger partial charge in [-0.15, -0.1) is 0 Å². The Morgan fingerprint density at radius 2 is 1.84 bits per heavy atom. The smallest absolute Gasteiger partial charge is 0.306 e. The first-order valence-corrected chi connectivity index (χ1v) is 8.86. The SMILES string of the molecule is CC1CN(C(=O)C2CCCC(C(=O)O)C2)CC(c2ccc(F)cc2)O1. The molecule has 2 fully saturated rings. The third kappa shape index (κ3) is 4.18. The largest absolute Gasteiger partial charge is 0.481 e. The minimum Gasteiger partial charge on any atom is -0.481 e. The summed E-state index contributed by atoms with van der Waals surface area (Å²) in [4.78, 5) is 25.9. The van der Waals surface area contributed by atoms with Crippen LogP contribution in [0.1, 0.15) is 44.3 Å². The molecule has 5 nitrogen and oxygen atoms in total. The van der Waals surface area contributed by atoms with Crippen LogP contribution < -0.4 is 0 Å². The summed E-state index contributed by atoms with van der Waals surface area (Å²) in [6.07, 6.45) is 2.18. The zero-order chi connectivity index (χ0) is 18.0. The van der Waals surface area contributed by atoms with Gasteiger partial charge in [0.15, 0.2) is 0 Å². The van der Waals surface area contributed by atoms with Gasteiger partial charge in [-0.1, -0.05) is 18.6 Å². The van der Waals surface area contributed by atoms with Crippen LogP contribution in [-0.4, -0.2) is 41.1 Å². The fourth-order valence-corrected chi connectivity index (χ4v) is 3.89. The number of benzene rings is 1. The molecule has 0 bridgehead atoms. The third-order valence-corrected chi connectivity index (χ3v) is 5.19. The number of aliphatic carboxylic acids is 1. The van der Waals surface area contributed by atoms with E-state index < -0.39 is 11.9 Å². The van der Waals surface area contributed by atoms with Crippen molar-refractivity contribution in [2.24, 2.45) is 11.8 Å². The zero-order valence-electron chi connectivity index (χ0n) is 14.4. The highest BCUT2D eigenvalue weighted by Crippen LogP contribution is 2.33. The molecule has 3 rings (SSSR count). The number of carboxylic acid groups (broad SMARTS) is 1. The molecule has 1 aromatic rings. The fraction of sp³-hybridized carbons (Fsp3) is 0.579. The van der Waals surface area contributed by atoms with Crippen molar-refractivity contribution in [2.75, 3.05) is 13.1 Å². The number of nitrogens with zero attached hydrogens (tertiary/aromatic N) is 1. The Balaban J connectivity index is 1.69.